The van der Waals surface area contributed by atoms with Gasteiger partial charge in [0.2, 0.25) is 11.8 Å². The molecule has 1 saturated carbocycles. The summed E-state index contributed by atoms with van der Waals surface area (Å²) in [5.41, 5.74) is 0.602. The molecule has 25 heavy (non-hydrogen) atoms. The SMILES string of the molecule is CC(C)(C)c1cc(NC(=O)CN2[C@@H]3CCCC[C@H]3C[C@H]2C(=O)O)on1. The highest BCUT2D eigenvalue weighted by Crippen LogP contribution is 2.39. The number of hydrogen-bond acceptors (Lipinski definition) is 5. The van der Waals surface area contributed by atoms with Crippen LogP contribution >= 0.6 is 0 Å². The van der Waals surface area contributed by atoms with Crippen LogP contribution in [0.5, 0.6) is 0 Å². The number of aromatic nitrogens is 1. The zero-order valence-corrected chi connectivity index (χ0v) is 15.1. The van der Waals surface area contributed by atoms with E-state index in [1.54, 1.807) is 6.07 Å². The summed E-state index contributed by atoms with van der Waals surface area (Å²) in [5, 5.41) is 16.2. The van der Waals surface area contributed by atoms with E-state index in [9.17, 15) is 14.7 Å². The average Bonchev–Trinajstić information content (AvgIpc) is 3.12. The predicted molar refractivity (Wildman–Crippen MR) is 92.3 cm³/mol. The fraction of sp³-hybridized carbons (Fsp3) is 0.722. The van der Waals surface area contributed by atoms with E-state index in [4.69, 9.17) is 4.52 Å². The third kappa shape index (κ3) is 3.86. The molecule has 0 aromatic carbocycles. The van der Waals surface area contributed by atoms with Crippen LogP contribution in [0, 0.1) is 5.92 Å². The Morgan fingerprint density at radius 1 is 1.36 bits per heavy atom. The maximum Gasteiger partial charge on any atom is 0.320 e. The second-order valence-corrected chi connectivity index (χ2v) is 8.25. The number of rotatable bonds is 4. The zero-order chi connectivity index (χ0) is 18.2. The van der Waals surface area contributed by atoms with Crippen LogP contribution in [-0.2, 0) is 15.0 Å². The summed E-state index contributed by atoms with van der Waals surface area (Å²) in [6.45, 7) is 6.12. The molecule has 7 nitrogen and oxygen atoms in total. The van der Waals surface area contributed by atoms with Gasteiger partial charge in [-0.15, -0.1) is 0 Å². The number of aliphatic carboxylic acids is 1. The van der Waals surface area contributed by atoms with Crippen molar-refractivity contribution in [1.82, 2.24) is 10.1 Å². The summed E-state index contributed by atoms with van der Waals surface area (Å²) in [7, 11) is 0. The van der Waals surface area contributed by atoms with Crippen molar-refractivity contribution in [3.05, 3.63) is 11.8 Å². The average molecular weight is 349 g/mol. The van der Waals surface area contributed by atoms with E-state index in [0.717, 1.165) is 31.4 Å². The first kappa shape index (κ1) is 17.9. The van der Waals surface area contributed by atoms with Crippen molar-refractivity contribution in [2.45, 2.75) is 70.4 Å². The van der Waals surface area contributed by atoms with Gasteiger partial charge in [-0.2, -0.15) is 0 Å². The van der Waals surface area contributed by atoms with Crippen molar-refractivity contribution >= 4 is 17.8 Å². The molecule has 0 bridgehead atoms. The Morgan fingerprint density at radius 3 is 2.72 bits per heavy atom. The van der Waals surface area contributed by atoms with Gasteiger partial charge in [-0.1, -0.05) is 38.8 Å². The van der Waals surface area contributed by atoms with E-state index < -0.39 is 12.0 Å². The molecule has 1 saturated heterocycles. The van der Waals surface area contributed by atoms with Gasteiger partial charge in [0.1, 0.15) is 6.04 Å². The van der Waals surface area contributed by atoms with Gasteiger partial charge in [0.15, 0.2) is 0 Å². The summed E-state index contributed by atoms with van der Waals surface area (Å²) < 4.78 is 5.19. The van der Waals surface area contributed by atoms with E-state index >= 15 is 0 Å². The Balaban J connectivity index is 1.66. The summed E-state index contributed by atoms with van der Waals surface area (Å²) >= 11 is 0. The maximum atomic E-state index is 12.4. The van der Waals surface area contributed by atoms with E-state index in [1.165, 1.54) is 0 Å². The number of hydrogen-bond donors (Lipinski definition) is 2. The molecule has 2 N–H and O–H groups in total. The number of amides is 1. The molecular weight excluding hydrogens is 322 g/mol. The lowest BCUT2D eigenvalue weighted by atomic mass is 9.85. The molecule has 1 amide bonds. The number of nitrogens with one attached hydrogen (secondary N) is 1. The molecule has 1 aliphatic carbocycles. The Morgan fingerprint density at radius 2 is 2.08 bits per heavy atom. The zero-order valence-electron chi connectivity index (χ0n) is 15.1. The minimum absolute atomic E-state index is 0.0731. The molecule has 0 radical (unpaired) electrons. The van der Waals surface area contributed by atoms with Crippen LogP contribution in [0.4, 0.5) is 5.88 Å². The molecule has 3 rings (SSSR count). The van der Waals surface area contributed by atoms with Crippen LogP contribution < -0.4 is 5.32 Å². The lowest BCUT2D eigenvalue weighted by molar-refractivity contribution is -0.143. The van der Waals surface area contributed by atoms with Crippen molar-refractivity contribution < 1.29 is 19.2 Å². The number of carboxylic acids is 1. The minimum Gasteiger partial charge on any atom is -0.480 e. The van der Waals surface area contributed by atoms with Gasteiger partial charge in [0.25, 0.3) is 0 Å². The Kier molecular flexibility index (Phi) is 4.86. The fourth-order valence-corrected chi connectivity index (χ4v) is 4.05. The third-order valence-electron chi connectivity index (χ3n) is 5.37. The molecule has 1 aliphatic heterocycles. The molecule has 0 unspecified atom stereocenters. The van der Waals surface area contributed by atoms with Gasteiger partial charge in [-0.05, 0) is 25.2 Å². The standard InChI is InChI=1S/C18H27N3O4/c1-18(2,3)14-9-16(25-20-14)19-15(22)10-21-12-7-5-4-6-11(12)8-13(21)17(23)24/h9,11-13H,4-8,10H2,1-3H3,(H,19,22)(H,23,24)/t11-,12+,13-/m0/s1. The molecule has 138 valence electrons. The number of nitrogens with zero attached hydrogens (tertiary/aromatic N) is 2. The summed E-state index contributed by atoms with van der Waals surface area (Å²) in [4.78, 5) is 25.9. The van der Waals surface area contributed by atoms with Crippen LogP contribution in [0.2, 0.25) is 0 Å². The first-order valence-electron chi connectivity index (χ1n) is 9.01. The van der Waals surface area contributed by atoms with Gasteiger partial charge in [-0.25, -0.2) is 0 Å². The quantitative estimate of drug-likeness (QED) is 0.867. The molecule has 3 atom stereocenters. The number of carboxylic acid groups (broad SMARTS) is 1. The van der Waals surface area contributed by atoms with Gasteiger partial charge in [0.05, 0.1) is 12.2 Å². The van der Waals surface area contributed by atoms with Gasteiger partial charge >= 0.3 is 5.97 Å². The van der Waals surface area contributed by atoms with Crippen LogP contribution in [0.3, 0.4) is 0 Å². The van der Waals surface area contributed by atoms with Crippen molar-refractivity contribution in [1.29, 1.82) is 0 Å². The third-order valence-corrected chi connectivity index (χ3v) is 5.37. The fourth-order valence-electron chi connectivity index (χ4n) is 4.05. The van der Waals surface area contributed by atoms with E-state index in [-0.39, 0.29) is 23.9 Å². The summed E-state index contributed by atoms with van der Waals surface area (Å²) in [6.07, 6.45) is 4.93. The van der Waals surface area contributed by atoms with Crippen molar-refractivity contribution in [3.8, 4) is 0 Å². The first-order valence-corrected chi connectivity index (χ1v) is 9.01. The highest BCUT2D eigenvalue weighted by Gasteiger charge is 2.45. The first-order chi connectivity index (χ1) is 11.8. The molecule has 1 aromatic rings. The maximum absolute atomic E-state index is 12.4. The number of fused-ring (bicyclic) bond motifs is 1. The van der Waals surface area contributed by atoms with Crippen molar-refractivity contribution in [2.75, 3.05) is 11.9 Å². The van der Waals surface area contributed by atoms with Crippen LogP contribution in [0.1, 0.15) is 58.6 Å². The normalized spacial score (nSPS) is 27.1. The lowest BCUT2D eigenvalue weighted by Crippen LogP contribution is -2.46. The number of likely N-dealkylation sites (tertiary alicyclic amines) is 1. The van der Waals surface area contributed by atoms with Crippen molar-refractivity contribution in [2.24, 2.45) is 5.92 Å². The topological polar surface area (TPSA) is 95.7 Å². The molecule has 1 aromatic heterocycles. The molecular formula is C18H27N3O4. The number of anilines is 1. The predicted octanol–water partition coefficient (Wildman–Crippen LogP) is 2.63. The van der Waals surface area contributed by atoms with Crippen LogP contribution in [-0.4, -0.2) is 45.7 Å². The van der Waals surface area contributed by atoms with Gasteiger partial charge in [-0.3, -0.25) is 19.8 Å². The Labute approximate surface area is 147 Å². The van der Waals surface area contributed by atoms with Crippen LogP contribution in [0.25, 0.3) is 0 Å². The number of carbonyl (C=O) groups excluding carboxylic acids is 1. The van der Waals surface area contributed by atoms with Gasteiger partial charge in [0, 0.05) is 17.5 Å². The number of carbonyl (C=O) groups is 2. The second-order valence-electron chi connectivity index (χ2n) is 8.25. The Bertz CT molecular complexity index is 649. The highest BCUT2D eigenvalue weighted by molar-refractivity contribution is 5.91. The van der Waals surface area contributed by atoms with Crippen LogP contribution in [0.15, 0.2) is 10.6 Å². The molecule has 2 fully saturated rings. The highest BCUT2D eigenvalue weighted by atomic mass is 16.5. The summed E-state index contributed by atoms with van der Waals surface area (Å²) in [5.74, 6) is -0.396. The monoisotopic (exact) mass is 349 g/mol. The van der Waals surface area contributed by atoms with E-state index in [1.807, 2.05) is 25.7 Å². The largest absolute Gasteiger partial charge is 0.480 e. The molecule has 2 heterocycles. The Hall–Kier alpha value is -1.89. The lowest BCUT2D eigenvalue weighted by Gasteiger charge is -2.32. The van der Waals surface area contributed by atoms with E-state index in [0.29, 0.717) is 18.2 Å². The molecule has 7 heteroatoms. The smallest absolute Gasteiger partial charge is 0.320 e. The molecule has 0 spiro atoms. The van der Waals surface area contributed by atoms with Gasteiger partial charge < -0.3 is 9.63 Å². The van der Waals surface area contributed by atoms with Crippen molar-refractivity contribution in [3.63, 3.8) is 0 Å². The second kappa shape index (κ2) is 6.78. The minimum atomic E-state index is -0.836. The summed E-state index contributed by atoms with van der Waals surface area (Å²) in [6, 6.07) is 1.35. The van der Waals surface area contributed by atoms with E-state index in [2.05, 4.69) is 10.5 Å². The molecule has 2 aliphatic rings.